The molecule has 1 aromatic heterocycles. The van der Waals surface area contributed by atoms with Crippen molar-refractivity contribution < 1.29 is 4.74 Å². The Bertz CT molecular complexity index is 414. The molecule has 0 bridgehead atoms. The van der Waals surface area contributed by atoms with E-state index in [-0.39, 0.29) is 0 Å². The molecule has 5 heteroatoms. The molecule has 0 atom stereocenters. The number of aromatic amines is 1. The monoisotopic (exact) mass is 288 g/mol. The standard InChI is InChI=1S/C10H13BrN2OS/c1-14-5-4-7-12-9(6-2-3-6)8(11)10(15)13-7/h6H,2-5H2,1H3,(H,12,13,15). The predicted molar refractivity (Wildman–Crippen MR) is 64.7 cm³/mol. The minimum atomic E-state index is 0.644. The van der Waals surface area contributed by atoms with E-state index in [0.29, 0.717) is 17.2 Å². The average molecular weight is 289 g/mol. The van der Waals surface area contributed by atoms with E-state index in [1.165, 1.54) is 18.5 Å². The minimum absolute atomic E-state index is 0.644. The zero-order valence-electron chi connectivity index (χ0n) is 8.55. The van der Waals surface area contributed by atoms with Crippen molar-refractivity contribution in [3.05, 3.63) is 20.6 Å². The van der Waals surface area contributed by atoms with E-state index >= 15 is 0 Å². The lowest BCUT2D eigenvalue weighted by Crippen LogP contribution is -2.04. The fraction of sp³-hybridized carbons (Fsp3) is 0.600. The van der Waals surface area contributed by atoms with Crippen LogP contribution in [0.1, 0.15) is 30.3 Å². The topological polar surface area (TPSA) is 37.9 Å². The Morgan fingerprint density at radius 2 is 2.33 bits per heavy atom. The third kappa shape index (κ3) is 2.65. The predicted octanol–water partition coefficient (Wildman–Crippen LogP) is 2.97. The van der Waals surface area contributed by atoms with Gasteiger partial charge in [-0.25, -0.2) is 4.98 Å². The Kier molecular flexibility index (Phi) is 3.53. The fourth-order valence-corrected chi connectivity index (χ4v) is 2.23. The van der Waals surface area contributed by atoms with Gasteiger partial charge in [0.05, 0.1) is 11.1 Å². The van der Waals surface area contributed by atoms with Gasteiger partial charge in [0.25, 0.3) is 0 Å². The van der Waals surface area contributed by atoms with E-state index in [4.69, 9.17) is 17.0 Å². The second-order valence-electron chi connectivity index (χ2n) is 3.73. The van der Waals surface area contributed by atoms with Crippen molar-refractivity contribution in [3.8, 4) is 0 Å². The van der Waals surface area contributed by atoms with Gasteiger partial charge in [0.15, 0.2) is 0 Å². The van der Waals surface area contributed by atoms with E-state index < -0.39 is 0 Å². The number of rotatable bonds is 4. The van der Waals surface area contributed by atoms with Crippen LogP contribution in [0.2, 0.25) is 0 Å². The summed E-state index contributed by atoms with van der Waals surface area (Å²) in [6.07, 6.45) is 3.28. The lowest BCUT2D eigenvalue weighted by molar-refractivity contribution is 0.200. The van der Waals surface area contributed by atoms with Crippen LogP contribution in [-0.4, -0.2) is 23.7 Å². The van der Waals surface area contributed by atoms with E-state index in [1.54, 1.807) is 7.11 Å². The molecular weight excluding hydrogens is 276 g/mol. The Morgan fingerprint density at radius 1 is 1.60 bits per heavy atom. The number of halogens is 1. The molecule has 82 valence electrons. The van der Waals surface area contributed by atoms with Gasteiger partial charge in [0, 0.05) is 25.1 Å². The van der Waals surface area contributed by atoms with Gasteiger partial charge in [-0.3, -0.25) is 0 Å². The van der Waals surface area contributed by atoms with Crippen LogP contribution in [-0.2, 0) is 11.2 Å². The number of methoxy groups -OCH3 is 1. The van der Waals surface area contributed by atoms with E-state index in [1.807, 2.05) is 0 Å². The maximum Gasteiger partial charge on any atom is 0.144 e. The molecule has 2 rings (SSSR count). The number of nitrogens with one attached hydrogen (secondary N) is 1. The highest BCUT2D eigenvalue weighted by Gasteiger charge is 2.27. The van der Waals surface area contributed by atoms with Crippen LogP contribution < -0.4 is 0 Å². The Morgan fingerprint density at radius 3 is 2.93 bits per heavy atom. The van der Waals surface area contributed by atoms with Crippen molar-refractivity contribution in [3.63, 3.8) is 0 Å². The van der Waals surface area contributed by atoms with Crippen molar-refractivity contribution in [1.82, 2.24) is 9.97 Å². The highest BCUT2D eigenvalue weighted by Crippen LogP contribution is 2.42. The number of nitrogens with zero attached hydrogens (tertiary/aromatic N) is 1. The fourth-order valence-electron chi connectivity index (χ4n) is 1.50. The Labute approximate surface area is 102 Å². The summed E-state index contributed by atoms with van der Waals surface area (Å²) in [6, 6.07) is 0. The first-order chi connectivity index (χ1) is 7.22. The van der Waals surface area contributed by atoms with E-state index in [0.717, 1.165) is 16.7 Å². The molecule has 1 saturated carbocycles. The molecule has 0 aliphatic heterocycles. The zero-order valence-corrected chi connectivity index (χ0v) is 10.9. The summed E-state index contributed by atoms with van der Waals surface area (Å²) in [5.74, 6) is 1.57. The van der Waals surface area contributed by atoms with Crippen molar-refractivity contribution >= 4 is 28.1 Å². The maximum atomic E-state index is 5.21. The second kappa shape index (κ2) is 4.72. The highest BCUT2D eigenvalue weighted by atomic mass is 79.9. The quantitative estimate of drug-likeness (QED) is 0.866. The van der Waals surface area contributed by atoms with Gasteiger partial charge in [-0.2, -0.15) is 0 Å². The van der Waals surface area contributed by atoms with Gasteiger partial charge >= 0.3 is 0 Å². The third-order valence-electron chi connectivity index (χ3n) is 2.47. The first-order valence-corrected chi connectivity index (χ1v) is 6.20. The van der Waals surface area contributed by atoms with Gasteiger partial charge in [-0.1, -0.05) is 12.2 Å². The minimum Gasteiger partial charge on any atom is -0.384 e. The van der Waals surface area contributed by atoms with Crippen LogP contribution in [0, 0.1) is 4.64 Å². The van der Waals surface area contributed by atoms with Crippen molar-refractivity contribution in [1.29, 1.82) is 0 Å². The molecule has 0 amide bonds. The normalized spacial score (nSPS) is 15.6. The van der Waals surface area contributed by atoms with Crippen molar-refractivity contribution in [2.24, 2.45) is 0 Å². The molecule has 1 fully saturated rings. The Hall–Kier alpha value is -0.260. The molecule has 3 nitrogen and oxygen atoms in total. The van der Waals surface area contributed by atoms with Crippen LogP contribution >= 0.6 is 28.1 Å². The van der Waals surface area contributed by atoms with Crippen LogP contribution in [0.15, 0.2) is 4.47 Å². The molecule has 1 aromatic rings. The zero-order chi connectivity index (χ0) is 10.8. The summed E-state index contributed by atoms with van der Waals surface area (Å²) in [5, 5.41) is 0. The molecule has 1 N–H and O–H groups in total. The van der Waals surface area contributed by atoms with Gasteiger partial charge in [0.1, 0.15) is 10.5 Å². The summed E-state index contributed by atoms with van der Waals surface area (Å²) in [5.41, 5.74) is 1.21. The number of ether oxygens (including phenoxy) is 1. The summed E-state index contributed by atoms with van der Waals surface area (Å²) >= 11 is 8.70. The van der Waals surface area contributed by atoms with E-state index in [9.17, 15) is 0 Å². The van der Waals surface area contributed by atoms with Gasteiger partial charge in [-0.15, -0.1) is 0 Å². The van der Waals surface area contributed by atoms with Crippen LogP contribution in [0.4, 0.5) is 0 Å². The summed E-state index contributed by atoms with van der Waals surface area (Å²) in [7, 11) is 1.69. The van der Waals surface area contributed by atoms with Crippen molar-refractivity contribution in [2.45, 2.75) is 25.2 Å². The van der Waals surface area contributed by atoms with Gasteiger partial charge in [-0.05, 0) is 28.8 Å². The van der Waals surface area contributed by atoms with Crippen LogP contribution in [0.3, 0.4) is 0 Å². The molecule has 0 aromatic carbocycles. The highest BCUT2D eigenvalue weighted by molar-refractivity contribution is 9.10. The molecular formula is C10H13BrN2OS. The Balaban J connectivity index is 2.29. The molecule has 0 spiro atoms. The lowest BCUT2D eigenvalue weighted by Gasteiger charge is -2.07. The number of hydrogen-bond donors (Lipinski definition) is 1. The molecule has 1 aliphatic carbocycles. The lowest BCUT2D eigenvalue weighted by atomic mass is 10.3. The summed E-state index contributed by atoms with van der Waals surface area (Å²) in [6.45, 7) is 0.671. The largest absolute Gasteiger partial charge is 0.384 e. The molecule has 1 aliphatic rings. The van der Waals surface area contributed by atoms with Crippen molar-refractivity contribution in [2.75, 3.05) is 13.7 Å². The van der Waals surface area contributed by atoms with E-state index in [2.05, 4.69) is 25.9 Å². The SMILES string of the molecule is COCCc1nc(=S)c(Br)c(C2CC2)[nH]1. The maximum absolute atomic E-state index is 5.21. The van der Waals surface area contributed by atoms with Crippen LogP contribution in [0.25, 0.3) is 0 Å². The number of H-pyrrole nitrogens is 1. The second-order valence-corrected chi connectivity index (χ2v) is 4.91. The van der Waals surface area contributed by atoms with Crippen LogP contribution in [0.5, 0.6) is 0 Å². The average Bonchev–Trinajstić information content (AvgIpc) is 3.03. The smallest absolute Gasteiger partial charge is 0.144 e. The van der Waals surface area contributed by atoms with Gasteiger partial charge < -0.3 is 9.72 Å². The summed E-state index contributed by atoms with van der Waals surface area (Å²) < 4.78 is 6.64. The van der Waals surface area contributed by atoms with Gasteiger partial charge in [0.2, 0.25) is 0 Å². The number of aromatic nitrogens is 2. The molecule has 15 heavy (non-hydrogen) atoms. The molecule has 0 saturated heterocycles. The molecule has 1 heterocycles. The third-order valence-corrected chi connectivity index (χ3v) is 3.83. The molecule has 0 unspecified atom stereocenters. The first kappa shape index (κ1) is 11.2. The first-order valence-electron chi connectivity index (χ1n) is 5.00. The summed E-state index contributed by atoms with van der Waals surface area (Å²) in [4.78, 5) is 7.66. The number of hydrogen-bond acceptors (Lipinski definition) is 3. The molecule has 0 radical (unpaired) electrons.